The number of likely N-dealkylation sites (tertiary alicyclic amines) is 1. The van der Waals surface area contributed by atoms with Crippen molar-refractivity contribution in [1.29, 1.82) is 0 Å². The minimum absolute atomic E-state index is 0.309. The Kier molecular flexibility index (Phi) is 4.88. The number of nitrogens with zero attached hydrogens (tertiary/aromatic N) is 2. The highest BCUT2D eigenvalue weighted by molar-refractivity contribution is 6.31. The minimum Gasteiger partial charge on any atom is -0.490 e. The molecule has 1 saturated heterocycles. The average molecular weight is 370 g/mol. The lowest BCUT2D eigenvalue weighted by atomic mass is 10.1. The number of ether oxygens (including phenoxy) is 1. The normalized spacial score (nSPS) is 16.5. The maximum Gasteiger partial charge on any atom is 0.138 e. The summed E-state index contributed by atoms with van der Waals surface area (Å²) in [5.41, 5.74) is 2.91. The number of nitrogens with one attached hydrogen (secondary N) is 1. The number of rotatable bonds is 4. The first kappa shape index (κ1) is 17.4. The number of aromatic amines is 1. The average Bonchev–Trinajstić information content (AvgIpc) is 3.06. The number of H-pyrrole nitrogens is 1. The van der Waals surface area contributed by atoms with Gasteiger partial charge in [0.2, 0.25) is 0 Å². The van der Waals surface area contributed by atoms with Gasteiger partial charge in [-0.3, -0.25) is 0 Å². The molecule has 1 aliphatic rings. The van der Waals surface area contributed by atoms with E-state index in [0.29, 0.717) is 17.2 Å². The Morgan fingerprint density at radius 1 is 1.12 bits per heavy atom. The number of hydrogen-bond donors (Lipinski definition) is 1. The third kappa shape index (κ3) is 3.71. The summed E-state index contributed by atoms with van der Waals surface area (Å²) in [6, 6.07) is 14.5. The molecule has 5 heteroatoms. The van der Waals surface area contributed by atoms with Crippen LogP contribution in [0.1, 0.15) is 26.7 Å². The Balaban J connectivity index is 1.43. The van der Waals surface area contributed by atoms with Gasteiger partial charge in [-0.1, -0.05) is 11.6 Å². The van der Waals surface area contributed by atoms with Crippen LogP contribution in [0.3, 0.4) is 0 Å². The Morgan fingerprint density at radius 2 is 1.85 bits per heavy atom. The maximum absolute atomic E-state index is 6.17. The molecule has 0 bridgehead atoms. The molecule has 4 nitrogen and oxygen atoms in total. The quantitative estimate of drug-likeness (QED) is 0.692. The van der Waals surface area contributed by atoms with Crippen molar-refractivity contribution in [3.05, 3.63) is 47.5 Å². The molecular weight excluding hydrogens is 346 g/mol. The highest BCUT2D eigenvalue weighted by Crippen LogP contribution is 2.26. The van der Waals surface area contributed by atoms with Crippen LogP contribution in [0.25, 0.3) is 22.4 Å². The zero-order chi connectivity index (χ0) is 18.1. The molecule has 2 aromatic carbocycles. The zero-order valence-corrected chi connectivity index (χ0v) is 16.0. The third-order valence-corrected chi connectivity index (χ3v) is 5.32. The number of halogens is 1. The van der Waals surface area contributed by atoms with Crippen molar-refractivity contribution in [2.24, 2.45) is 0 Å². The summed E-state index contributed by atoms with van der Waals surface area (Å²) in [4.78, 5) is 10.5. The van der Waals surface area contributed by atoms with Crippen molar-refractivity contribution in [1.82, 2.24) is 14.9 Å². The monoisotopic (exact) mass is 369 g/mol. The second-order valence-corrected chi connectivity index (χ2v) is 7.65. The van der Waals surface area contributed by atoms with E-state index in [1.807, 2.05) is 30.3 Å². The third-order valence-electron chi connectivity index (χ3n) is 5.08. The molecule has 0 amide bonds. The first-order valence-electron chi connectivity index (χ1n) is 9.25. The van der Waals surface area contributed by atoms with Crippen LogP contribution >= 0.6 is 11.6 Å². The lowest BCUT2D eigenvalue weighted by Gasteiger charge is -2.34. The van der Waals surface area contributed by atoms with Crippen LogP contribution in [0.15, 0.2) is 42.5 Å². The van der Waals surface area contributed by atoms with E-state index < -0.39 is 0 Å². The number of imidazole rings is 1. The van der Waals surface area contributed by atoms with Crippen molar-refractivity contribution in [2.75, 3.05) is 13.1 Å². The van der Waals surface area contributed by atoms with Gasteiger partial charge in [0, 0.05) is 29.7 Å². The molecule has 4 rings (SSSR count). The van der Waals surface area contributed by atoms with Gasteiger partial charge in [-0.25, -0.2) is 4.98 Å². The van der Waals surface area contributed by atoms with Gasteiger partial charge in [-0.2, -0.15) is 0 Å². The second kappa shape index (κ2) is 7.29. The molecule has 1 aromatic heterocycles. The first-order chi connectivity index (χ1) is 12.6. The van der Waals surface area contributed by atoms with Crippen LogP contribution < -0.4 is 4.74 Å². The smallest absolute Gasteiger partial charge is 0.138 e. The molecule has 136 valence electrons. The molecule has 0 unspecified atom stereocenters. The molecule has 0 saturated carbocycles. The van der Waals surface area contributed by atoms with E-state index in [9.17, 15) is 0 Å². The molecule has 0 atom stereocenters. The van der Waals surface area contributed by atoms with Crippen LogP contribution in [-0.2, 0) is 0 Å². The standard InChI is InChI=1S/C21H24ClN3O/c1-14(2)25-11-9-18(10-12-25)26-17-6-3-15(4-7-17)21-23-19-8-5-16(22)13-20(19)24-21/h3-8,13-14,18H,9-12H2,1-2H3,(H,23,24). The van der Waals surface area contributed by atoms with Crippen molar-refractivity contribution < 1.29 is 4.74 Å². The predicted molar refractivity (Wildman–Crippen MR) is 107 cm³/mol. The highest BCUT2D eigenvalue weighted by Gasteiger charge is 2.22. The summed E-state index contributed by atoms with van der Waals surface area (Å²) in [7, 11) is 0. The van der Waals surface area contributed by atoms with Crippen molar-refractivity contribution in [3.63, 3.8) is 0 Å². The molecule has 0 radical (unpaired) electrons. The molecule has 3 aromatic rings. The van der Waals surface area contributed by atoms with Gasteiger partial charge in [0.25, 0.3) is 0 Å². The fraction of sp³-hybridized carbons (Fsp3) is 0.381. The summed E-state index contributed by atoms with van der Waals surface area (Å²) in [5.74, 6) is 1.77. The molecule has 0 spiro atoms. The van der Waals surface area contributed by atoms with Gasteiger partial charge in [0.1, 0.15) is 17.7 Å². The second-order valence-electron chi connectivity index (χ2n) is 7.22. The number of benzene rings is 2. The van der Waals surface area contributed by atoms with Crippen molar-refractivity contribution >= 4 is 22.6 Å². The summed E-state index contributed by atoms with van der Waals surface area (Å²) in [5, 5.41) is 0.697. The van der Waals surface area contributed by atoms with Gasteiger partial charge >= 0.3 is 0 Å². The summed E-state index contributed by atoms with van der Waals surface area (Å²) in [6.45, 7) is 6.74. The van der Waals surface area contributed by atoms with Gasteiger partial charge in [-0.15, -0.1) is 0 Å². The zero-order valence-electron chi connectivity index (χ0n) is 15.2. The molecule has 2 heterocycles. The topological polar surface area (TPSA) is 41.1 Å². The number of piperidine rings is 1. The summed E-state index contributed by atoms with van der Waals surface area (Å²) < 4.78 is 6.17. The van der Waals surface area contributed by atoms with E-state index in [1.54, 1.807) is 0 Å². The highest BCUT2D eigenvalue weighted by atomic mass is 35.5. The van der Waals surface area contributed by atoms with Gasteiger partial charge < -0.3 is 14.6 Å². The number of aromatic nitrogens is 2. The SMILES string of the molecule is CC(C)N1CCC(Oc2ccc(-c3nc4cc(Cl)ccc4[nH]3)cc2)CC1. The number of fused-ring (bicyclic) bond motifs is 1. The van der Waals surface area contributed by atoms with E-state index >= 15 is 0 Å². The number of hydrogen-bond acceptors (Lipinski definition) is 3. The van der Waals surface area contributed by atoms with Crippen LogP contribution in [0.4, 0.5) is 0 Å². The fourth-order valence-corrected chi connectivity index (χ4v) is 3.68. The molecule has 26 heavy (non-hydrogen) atoms. The molecular formula is C21H24ClN3O. The Bertz CT molecular complexity index is 880. The van der Waals surface area contributed by atoms with Gasteiger partial charge in [0.05, 0.1) is 11.0 Å². The van der Waals surface area contributed by atoms with Gasteiger partial charge in [0.15, 0.2) is 0 Å². The molecule has 1 N–H and O–H groups in total. The largest absolute Gasteiger partial charge is 0.490 e. The Hall–Kier alpha value is -2.04. The lowest BCUT2D eigenvalue weighted by molar-refractivity contribution is 0.0843. The van der Waals surface area contributed by atoms with Crippen molar-refractivity contribution in [2.45, 2.75) is 38.8 Å². The summed E-state index contributed by atoms with van der Waals surface area (Å²) in [6.07, 6.45) is 2.48. The van der Waals surface area contributed by atoms with Crippen LogP contribution in [0, 0.1) is 0 Å². The first-order valence-corrected chi connectivity index (χ1v) is 9.63. The fourth-order valence-electron chi connectivity index (χ4n) is 3.51. The lowest BCUT2D eigenvalue weighted by Crippen LogP contribution is -2.41. The van der Waals surface area contributed by atoms with Crippen molar-refractivity contribution in [3.8, 4) is 17.1 Å². The van der Waals surface area contributed by atoms with E-state index in [2.05, 4.69) is 40.8 Å². The van der Waals surface area contributed by atoms with Crippen LogP contribution in [-0.4, -0.2) is 40.1 Å². The maximum atomic E-state index is 6.17. The van der Waals surface area contributed by atoms with Crippen LogP contribution in [0.2, 0.25) is 5.02 Å². The van der Waals surface area contributed by atoms with E-state index in [1.165, 1.54) is 0 Å². The van der Waals surface area contributed by atoms with Gasteiger partial charge in [-0.05, 0) is 69.2 Å². The summed E-state index contributed by atoms with van der Waals surface area (Å²) >= 11 is 6.04. The Morgan fingerprint density at radius 3 is 2.54 bits per heavy atom. The van der Waals surface area contributed by atoms with E-state index in [4.69, 9.17) is 16.3 Å². The molecule has 1 aliphatic heterocycles. The van der Waals surface area contributed by atoms with E-state index in [-0.39, 0.29) is 0 Å². The van der Waals surface area contributed by atoms with E-state index in [0.717, 1.165) is 54.1 Å². The minimum atomic E-state index is 0.309. The Labute approximate surface area is 159 Å². The van der Waals surface area contributed by atoms with Crippen LogP contribution in [0.5, 0.6) is 5.75 Å². The predicted octanol–water partition coefficient (Wildman–Crippen LogP) is 5.13. The molecule has 0 aliphatic carbocycles. The molecule has 1 fully saturated rings.